The number of aromatic nitrogens is 5. The van der Waals surface area contributed by atoms with Crippen LogP contribution in [0.15, 0.2) is 47.5 Å². The van der Waals surface area contributed by atoms with Crippen molar-refractivity contribution in [2.75, 3.05) is 19.4 Å². The zero-order valence-corrected chi connectivity index (χ0v) is 17.4. The highest BCUT2D eigenvalue weighted by Crippen LogP contribution is 2.45. The predicted molar refractivity (Wildman–Crippen MR) is 115 cm³/mol. The number of halogens is 1. The molecule has 8 nitrogen and oxygen atoms in total. The van der Waals surface area contributed by atoms with Gasteiger partial charge >= 0.3 is 0 Å². The number of H-pyrrole nitrogens is 1. The third-order valence-electron chi connectivity index (χ3n) is 5.68. The second-order valence-electron chi connectivity index (χ2n) is 8.13. The summed E-state index contributed by atoms with van der Waals surface area (Å²) >= 11 is 0. The van der Waals surface area contributed by atoms with Crippen molar-refractivity contribution in [3.05, 3.63) is 81.5 Å². The summed E-state index contributed by atoms with van der Waals surface area (Å²) in [6.07, 6.45) is 1.50. The van der Waals surface area contributed by atoms with Crippen LogP contribution in [-0.4, -0.2) is 44.0 Å². The highest BCUT2D eigenvalue weighted by Gasteiger charge is 2.37. The predicted octanol–water partition coefficient (Wildman–Crippen LogP) is 2.55. The van der Waals surface area contributed by atoms with Gasteiger partial charge in [-0.05, 0) is 37.4 Å². The maximum Gasteiger partial charge on any atom is 0.272 e. The normalized spacial score (nSPS) is 17.8. The molecule has 0 unspecified atom stereocenters. The van der Waals surface area contributed by atoms with Crippen LogP contribution in [0.25, 0.3) is 10.8 Å². The summed E-state index contributed by atoms with van der Waals surface area (Å²) in [6.45, 7) is 0.835. The Morgan fingerprint density at radius 3 is 2.65 bits per heavy atom. The van der Waals surface area contributed by atoms with Crippen LogP contribution in [-0.2, 0) is 13.6 Å². The fourth-order valence-electron chi connectivity index (χ4n) is 4.37. The van der Waals surface area contributed by atoms with Crippen LogP contribution in [0.2, 0.25) is 0 Å². The van der Waals surface area contributed by atoms with Crippen molar-refractivity contribution in [2.45, 2.75) is 18.5 Å². The van der Waals surface area contributed by atoms with Gasteiger partial charge in [0.05, 0.1) is 23.0 Å². The molecular weight excluding hydrogens is 397 g/mol. The zero-order chi connectivity index (χ0) is 21.7. The number of anilines is 1. The fourth-order valence-corrected chi connectivity index (χ4v) is 4.37. The molecule has 9 heteroatoms. The molecule has 4 aromatic rings. The first-order valence-corrected chi connectivity index (χ1v) is 9.98. The number of hydrogen-bond acceptors (Lipinski definition) is 6. The van der Waals surface area contributed by atoms with E-state index in [0.717, 1.165) is 12.1 Å². The Hall–Kier alpha value is -3.59. The minimum Gasteiger partial charge on any atom is -0.376 e. The van der Waals surface area contributed by atoms with Crippen LogP contribution in [0.4, 0.5) is 10.1 Å². The lowest BCUT2D eigenvalue weighted by molar-refractivity contribution is 0.402. The topological polar surface area (TPSA) is 91.7 Å². The summed E-state index contributed by atoms with van der Waals surface area (Å²) in [7, 11) is 5.88. The molecule has 0 aliphatic carbocycles. The van der Waals surface area contributed by atoms with Crippen molar-refractivity contribution in [2.24, 2.45) is 7.05 Å². The molecule has 0 saturated heterocycles. The summed E-state index contributed by atoms with van der Waals surface area (Å²) < 4.78 is 16.0. The van der Waals surface area contributed by atoms with Crippen LogP contribution in [0.3, 0.4) is 0 Å². The molecule has 3 heterocycles. The summed E-state index contributed by atoms with van der Waals surface area (Å²) in [5, 5.41) is 15.5. The number of rotatable bonds is 4. The molecule has 0 saturated carbocycles. The van der Waals surface area contributed by atoms with Gasteiger partial charge in [0.15, 0.2) is 0 Å². The van der Waals surface area contributed by atoms with Gasteiger partial charge in [-0.25, -0.2) is 14.5 Å². The van der Waals surface area contributed by atoms with Gasteiger partial charge in [-0.3, -0.25) is 9.48 Å². The maximum atomic E-state index is 14.3. The Balaban J connectivity index is 1.71. The molecule has 2 aromatic heterocycles. The van der Waals surface area contributed by atoms with Gasteiger partial charge in [0.2, 0.25) is 0 Å². The summed E-state index contributed by atoms with van der Waals surface area (Å²) in [6, 6.07) is 10.7. The Kier molecular flexibility index (Phi) is 4.55. The molecule has 2 N–H and O–H groups in total. The van der Waals surface area contributed by atoms with Gasteiger partial charge in [0, 0.05) is 24.7 Å². The Bertz CT molecular complexity index is 1330. The van der Waals surface area contributed by atoms with Gasteiger partial charge in [0.1, 0.15) is 18.0 Å². The molecule has 2 atom stereocenters. The summed E-state index contributed by atoms with van der Waals surface area (Å²) in [5.41, 5.74) is 2.96. The number of nitrogens with zero attached hydrogens (tertiary/aromatic N) is 5. The maximum absolute atomic E-state index is 14.3. The second-order valence-corrected chi connectivity index (χ2v) is 8.13. The average Bonchev–Trinajstić information content (AvgIpc) is 3.15. The van der Waals surface area contributed by atoms with E-state index in [1.165, 1.54) is 24.0 Å². The summed E-state index contributed by atoms with van der Waals surface area (Å²) in [5.74, 6) is -0.106. The van der Waals surface area contributed by atoms with Crippen LogP contribution < -0.4 is 10.9 Å². The molecule has 0 fully saturated rings. The van der Waals surface area contributed by atoms with E-state index >= 15 is 0 Å². The highest BCUT2D eigenvalue weighted by molar-refractivity contribution is 5.97. The van der Waals surface area contributed by atoms with Crippen LogP contribution >= 0.6 is 0 Å². The zero-order valence-electron chi connectivity index (χ0n) is 17.4. The summed E-state index contributed by atoms with van der Waals surface area (Å²) in [4.78, 5) is 18.9. The van der Waals surface area contributed by atoms with Crippen LogP contribution in [0.1, 0.15) is 34.6 Å². The fraction of sp³-hybridized carbons (Fsp3) is 0.273. The van der Waals surface area contributed by atoms with E-state index in [2.05, 4.69) is 54.8 Å². The third-order valence-corrected chi connectivity index (χ3v) is 5.68. The Labute approximate surface area is 177 Å². The van der Waals surface area contributed by atoms with E-state index in [-0.39, 0.29) is 17.3 Å². The lowest BCUT2D eigenvalue weighted by Crippen LogP contribution is -2.30. The van der Waals surface area contributed by atoms with Gasteiger partial charge < -0.3 is 10.2 Å². The van der Waals surface area contributed by atoms with Gasteiger partial charge in [-0.15, -0.1) is 0 Å². The van der Waals surface area contributed by atoms with E-state index < -0.39 is 11.4 Å². The monoisotopic (exact) mass is 419 g/mol. The van der Waals surface area contributed by atoms with Crippen molar-refractivity contribution >= 4 is 16.5 Å². The van der Waals surface area contributed by atoms with E-state index in [1.807, 2.05) is 21.1 Å². The molecule has 31 heavy (non-hydrogen) atoms. The van der Waals surface area contributed by atoms with Gasteiger partial charge in [0.25, 0.3) is 5.56 Å². The van der Waals surface area contributed by atoms with Crippen molar-refractivity contribution in [1.29, 1.82) is 0 Å². The molecule has 0 spiro atoms. The lowest BCUT2D eigenvalue weighted by atomic mass is 9.83. The van der Waals surface area contributed by atoms with Crippen LogP contribution in [0, 0.1) is 5.82 Å². The molecule has 158 valence electrons. The standard InChI is InChI=1S/C22H22FN7O/c1-29(2)10-12-4-6-13(7-5-12)19-18(21-24-11-25-30(21)3)20-17-15(22(31)28-27-20)8-14(23)9-16(17)26-19/h4-9,11,18-19,26H,10H2,1-3H3,(H,28,31)/t18-,19+/m0/s1. The third kappa shape index (κ3) is 3.27. The largest absolute Gasteiger partial charge is 0.376 e. The Morgan fingerprint density at radius 1 is 1.19 bits per heavy atom. The van der Waals surface area contributed by atoms with E-state index in [0.29, 0.717) is 22.6 Å². The number of hydrogen-bond donors (Lipinski definition) is 2. The van der Waals surface area contributed by atoms with Crippen molar-refractivity contribution < 1.29 is 4.39 Å². The quantitative estimate of drug-likeness (QED) is 0.528. The van der Waals surface area contributed by atoms with E-state index in [4.69, 9.17) is 0 Å². The molecule has 2 aromatic carbocycles. The minimum absolute atomic E-state index is 0.263. The van der Waals surface area contributed by atoms with Crippen molar-refractivity contribution in [3.63, 3.8) is 0 Å². The van der Waals surface area contributed by atoms with Crippen molar-refractivity contribution in [3.8, 4) is 0 Å². The molecule has 0 bridgehead atoms. The minimum atomic E-state index is -0.477. The molecule has 0 radical (unpaired) electrons. The SMILES string of the molecule is CN(C)Cc1ccc([C@H]2Nc3cc(F)cc4c(=O)[nH]nc(c34)[C@H]2c2ncnn2C)cc1. The van der Waals surface area contributed by atoms with Gasteiger partial charge in [-0.1, -0.05) is 24.3 Å². The lowest BCUT2D eigenvalue weighted by Gasteiger charge is -2.33. The first-order valence-electron chi connectivity index (χ1n) is 9.98. The molecular formula is C22H22FN7O. The van der Waals surface area contributed by atoms with Gasteiger partial charge in [-0.2, -0.15) is 10.2 Å². The number of aromatic amines is 1. The van der Waals surface area contributed by atoms with E-state index in [1.54, 1.807) is 4.68 Å². The number of nitrogens with one attached hydrogen (secondary N) is 2. The molecule has 5 rings (SSSR count). The van der Waals surface area contributed by atoms with Crippen LogP contribution in [0.5, 0.6) is 0 Å². The first kappa shape index (κ1) is 19.4. The van der Waals surface area contributed by atoms with Crippen molar-refractivity contribution in [1.82, 2.24) is 29.9 Å². The average molecular weight is 419 g/mol. The van der Waals surface area contributed by atoms with E-state index in [9.17, 15) is 9.18 Å². The molecule has 1 aliphatic rings. The smallest absolute Gasteiger partial charge is 0.272 e. The Morgan fingerprint density at radius 2 is 1.97 bits per heavy atom. The first-order chi connectivity index (χ1) is 14.9. The molecule has 1 aliphatic heterocycles. The number of benzene rings is 2. The number of aryl methyl sites for hydroxylation is 1. The highest BCUT2D eigenvalue weighted by atomic mass is 19.1. The second kappa shape index (κ2) is 7.28. The molecule has 0 amide bonds.